The van der Waals surface area contributed by atoms with Crippen LogP contribution in [0, 0.1) is 17.2 Å². The molecule has 0 unspecified atom stereocenters. The topological polar surface area (TPSA) is 126 Å². The summed E-state index contributed by atoms with van der Waals surface area (Å²) in [6.45, 7) is 4.18. The summed E-state index contributed by atoms with van der Waals surface area (Å²) in [5.41, 5.74) is 1.12. The Hall–Kier alpha value is -3.42. The van der Waals surface area contributed by atoms with Gasteiger partial charge in [-0.2, -0.15) is 14.7 Å². The number of hydrogen-bond acceptors (Lipinski definition) is 6. The van der Waals surface area contributed by atoms with Crippen LogP contribution in [0.2, 0.25) is 0 Å². The highest BCUT2D eigenvalue weighted by molar-refractivity contribution is 7.89. The Kier molecular flexibility index (Phi) is 6.10. The van der Waals surface area contributed by atoms with E-state index in [0.29, 0.717) is 29.0 Å². The number of para-hydroxylation sites is 1. The van der Waals surface area contributed by atoms with Crippen LogP contribution >= 0.6 is 0 Å². The second kappa shape index (κ2) is 8.84. The maximum atomic E-state index is 13.4. The van der Waals surface area contributed by atoms with Crippen LogP contribution in [0.3, 0.4) is 0 Å². The number of sulfonamides is 1. The molecule has 2 heterocycles. The van der Waals surface area contributed by atoms with Crippen LogP contribution in [0.15, 0.2) is 53.4 Å². The molecule has 3 aromatic rings. The first kappa shape index (κ1) is 22.8. The Morgan fingerprint density at radius 1 is 1.24 bits per heavy atom. The molecule has 172 valence electrons. The molecule has 0 spiro atoms. The van der Waals surface area contributed by atoms with Gasteiger partial charge in [0, 0.05) is 17.8 Å². The molecule has 0 bridgehead atoms. The van der Waals surface area contributed by atoms with E-state index in [0.717, 1.165) is 0 Å². The number of aliphatic carboxylic acids is 1. The summed E-state index contributed by atoms with van der Waals surface area (Å²) in [5.74, 6) is -0.803. The van der Waals surface area contributed by atoms with E-state index >= 15 is 0 Å². The summed E-state index contributed by atoms with van der Waals surface area (Å²) < 4.78 is 35.2. The van der Waals surface area contributed by atoms with Gasteiger partial charge < -0.3 is 9.84 Å². The van der Waals surface area contributed by atoms with Gasteiger partial charge in [0.25, 0.3) is 0 Å². The number of aromatic nitrogens is 2. The molecular formula is C23H24N4O5S. The zero-order valence-corrected chi connectivity index (χ0v) is 19.1. The maximum absolute atomic E-state index is 13.4. The second-order valence-corrected chi connectivity index (χ2v) is 9.85. The van der Waals surface area contributed by atoms with Crippen LogP contribution in [0.25, 0.3) is 10.9 Å². The number of fused-ring (bicyclic) bond motifs is 1. The summed E-state index contributed by atoms with van der Waals surface area (Å²) in [6, 6.07) is 14.2. The molecule has 1 N–H and O–H groups in total. The van der Waals surface area contributed by atoms with Crippen molar-refractivity contribution in [3.63, 3.8) is 0 Å². The van der Waals surface area contributed by atoms with Gasteiger partial charge in [-0.15, -0.1) is 0 Å². The van der Waals surface area contributed by atoms with Crippen molar-refractivity contribution < 1.29 is 23.1 Å². The van der Waals surface area contributed by atoms with Crippen LogP contribution in [0.1, 0.15) is 25.6 Å². The van der Waals surface area contributed by atoms with Crippen molar-refractivity contribution >= 4 is 26.9 Å². The highest BCUT2D eigenvalue weighted by atomic mass is 32.2. The number of hydrogen-bond donors (Lipinski definition) is 1. The predicted molar refractivity (Wildman–Crippen MR) is 120 cm³/mol. The molecule has 3 atom stereocenters. The first-order valence-corrected chi connectivity index (χ1v) is 12.0. The van der Waals surface area contributed by atoms with E-state index in [2.05, 4.69) is 11.2 Å². The summed E-state index contributed by atoms with van der Waals surface area (Å²) >= 11 is 0. The van der Waals surface area contributed by atoms with Crippen LogP contribution in [-0.2, 0) is 21.2 Å². The molecule has 4 rings (SSSR count). The molecule has 1 aliphatic rings. The van der Waals surface area contributed by atoms with Gasteiger partial charge in [0.15, 0.2) is 0 Å². The maximum Gasteiger partial charge on any atom is 0.309 e. The minimum Gasteiger partial charge on any atom is -0.494 e. The van der Waals surface area contributed by atoms with Gasteiger partial charge in [0.05, 0.1) is 41.2 Å². The fourth-order valence-corrected chi connectivity index (χ4v) is 6.00. The molecule has 33 heavy (non-hydrogen) atoms. The number of carboxylic acid groups (broad SMARTS) is 1. The lowest BCUT2D eigenvalue weighted by atomic mass is 10.00. The Labute approximate surface area is 191 Å². The van der Waals surface area contributed by atoms with Gasteiger partial charge in [0.2, 0.25) is 10.0 Å². The van der Waals surface area contributed by atoms with Crippen molar-refractivity contribution in [2.75, 3.05) is 13.2 Å². The second-order valence-electron chi connectivity index (χ2n) is 7.96. The molecule has 1 fully saturated rings. The van der Waals surface area contributed by atoms with Crippen molar-refractivity contribution in [1.82, 2.24) is 14.1 Å². The van der Waals surface area contributed by atoms with Gasteiger partial charge in [-0.1, -0.05) is 25.1 Å². The quantitative estimate of drug-likeness (QED) is 0.565. The van der Waals surface area contributed by atoms with E-state index in [1.165, 1.54) is 16.4 Å². The van der Waals surface area contributed by atoms with Crippen molar-refractivity contribution in [2.45, 2.75) is 37.2 Å². The smallest absolute Gasteiger partial charge is 0.309 e. The predicted octanol–water partition coefficient (Wildman–Crippen LogP) is 2.84. The monoisotopic (exact) mass is 468 g/mol. The van der Waals surface area contributed by atoms with Gasteiger partial charge >= 0.3 is 5.97 Å². The van der Waals surface area contributed by atoms with Gasteiger partial charge in [-0.3, -0.25) is 9.48 Å². The molecule has 9 nitrogen and oxygen atoms in total. The van der Waals surface area contributed by atoms with Crippen molar-refractivity contribution in [3.05, 3.63) is 54.2 Å². The van der Waals surface area contributed by atoms with Gasteiger partial charge in [-0.05, 0) is 37.3 Å². The van der Waals surface area contributed by atoms with E-state index in [-0.39, 0.29) is 23.8 Å². The fourth-order valence-electron chi connectivity index (χ4n) is 4.36. The van der Waals surface area contributed by atoms with Crippen LogP contribution in [-0.4, -0.2) is 52.8 Å². The molecule has 1 aromatic heterocycles. The average molecular weight is 469 g/mol. The minimum absolute atomic E-state index is 0.0487. The molecule has 10 heteroatoms. The van der Waals surface area contributed by atoms with E-state index in [9.17, 15) is 23.6 Å². The third kappa shape index (κ3) is 4.05. The van der Waals surface area contributed by atoms with Crippen molar-refractivity contribution in [1.29, 1.82) is 5.26 Å². The number of benzene rings is 2. The van der Waals surface area contributed by atoms with E-state index in [1.54, 1.807) is 28.9 Å². The Balaban J connectivity index is 1.73. The highest BCUT2D eigenvalue weighted by Crippen LogP contribution is 2.38. The van der Waals surface area contributed by atoms with Crippen molar-refractivity contribution in [3.8, 4) is 11.8 Å². The summed E-state index contributed by atoms with van der Waals surface area (Å²) in [5, 5.41) is 24.4. The highest BCUT2D eigenvalue weighted by Gasteiger charge is 2.47. The normalized spacial score (nSPS) is 21.2. The average Bonchev–Trinajstić information content (AvgIpc) is 3.31. The summed E-state index contributed by atoms with van der Waals surface area (Å²) in [7, 11) is -3.95. The van der Waals surface area contributed by atoms with E-state index < -0.39 is 28.1 Å². The number of carboxylic acids is 1. The zero-order chi connectivity index (χ0) is 23.8. The Morgan fingerprint density at radius 2 is 1.94 bits per heavy atom. The first-order valence-electron chi connectivity index (χ1n) is 10.6. The number of rotatable bonds is 7. The largest absolute Gasteiger partial charge is 0.494 e. The molecule has 0 amide bonds. The lowest BCUT2D eigenvalue weighted by Gasteiger charge is -2.20. The molecule has 1 aliphatic heterocycles. The van der Waals surface area contributed by atoms with E-state index in [1.807, 2.05) is 26.0 Å². The lowest BCUT2D eigenvalue weighted by molar-refractivity contribution is -0.136. The zero-order valence-electron chi connectivity index (χ0n) is 18.2. The van der Waals surface area contributed by atoms with E-state index in [4.69, 9.17) is 4.74 Å². The number of carbonyl (C=O) groups is 1. The SMILES string of the molecule is CCOc1ccc(S(=O)(=O)N2C[C@H](n3nc(CC(=O)O)c4ccccc43)[C@@H](C)[C@@H]2C#N)cc1. The van der Waals surface area contributed by atoms with Crippen molar-refractivity contribution in [2.24, 2.45) is 5.92 Å². The summed E-state index contributed by atoms with van der Waals surface area (Å²) in [4.78, 5) is 11.4. The standard InChI is InChI=1S/C23H24N4O5S/c1-3-32-16-8-10-17(11-9-16)33(30,31)26-14-22(15(2)21(26)13-24)27-20-7-5-4-6-18(20)19(25-27)12-23(28)29/h4-11,15,21-22H,3,12,14H2,1-2H3,(H,28,29)/t15-,21-,22-/m0/s1. The Bertz CT molecular complexity index is 1330. The van der Waals surface area contributed by atoms with Gasteiger partial charge in [0.1, 0.15) is 11.8 Å². The molecule has 2 aromatic carbocycles. The number of ether oxygens (including phenoxy) is 1. The molecule has 0 saturated carbocycles. The van der Waals surface area contributed by atoms with Crippen LogP contribution in [0.5, 0.6) is 5.75 Å². The summed E-state index contributed by atoms with van der Waals surface area (Å²) in [6.07, 6.45) is -0.246. The molecule has 0 aliphatic carbocycles. The number of nitriles is 1. The molecule has 1 saturated heterocycles. The minimum atomic E-state index is -3.95. The third-order valence-electron chi connectivity index (χ3n) is 5.98. The fraction of sp³-hybridized carbons (Fsp3) is 0.348. The van der Waals surface area contributed by atoms with Gasteiger partial charge in [-0.25, -0.2) is 8.42 Å². The molecule has 0 radical (unpaired) electrons. The Morgan fingerprint density at radius 3 is 2.58 bits per heavy atom. The first-order chi connectivity index (χ1) is 15.8. The van der Waals surface area contributed by atoms with Crippen LogP contribution in [0.4, 0.5) is 0 Å². The lowest BCUT2D eigenvalue weighted by Crippen LogP contribution is -2.36. The third-order valence-corrected chi connectivity index (χ3v) is 7.84. The number of nitrogens with zero attached hydrogens (tertiary/aromatic N) is 4. The van der Waals surface area contributed by atoms with Crippen LogP contribution < -0.4 is 4.74 Å². The molecular weight excluding hydrogens is 444 g/mol.